The summed E-state index contributed by atoms with van der Waals surface area (Å²) in [4.78, 5) is 0. The number of hydrogen-bond donors (Lipinski definition) is 1. The van der Waals surface area contributed by atoms with Gasteiger partial charge in [-0.25, -0.2) is 0 Å². The maximum absolute atomic E-state index is 5.44. The van der Waals surface area contributed by atoms with Gasteiger partial charge in [-0.05, 0) is 55.4 Å². The van der Waals surface area contributed by atoms with E-state index in [-0.39, 0.29) is 6.04 Å². The fourth-order valence-electron chi connectivity index (χ4n) is 3.02. The highest BCUT2D eigenvalue weighted by Crippen LogP contribution is 2.31. The molecule has 1 aliphatic carbocycles. The second-order valence-electron chi connectivity index (χ2n) is 5.43. The maximum atomic E-state index is 5.44. The van der Waals surface area contributed by atoms with E-state index in [1.54, 1.807) is 6.26 Å². The molecule has 2 heteroatoms. The first kappa shape index (κ1) is 12.5. The number of benzene rings is 1. The van der Waals surface area contributed by atoms with Crippen molar-refractivity contribution in [2.45, 2.75) is 38.1 Å². The molecule has 1 aromatic heterocycles. The molecule has 0 saturated heterocycles. The van der Waals surface area contributed by atoms with Gasteiger partial charge in [0, 0.05) is 6.54 Å². The van der Waals surface area contributed by atoms with Crippen molar-refractivity contribution in [1.82, 2.24) is 5.32 Å². The molecule has 0 bridgehead atoms. The monoisotopic (exact) mass is 255 g/mol. The van der Waals surface area contributed by atoms with Crippen LogP contribution in [0.25, 0.3) is 0 Å². The number of rotatable bonds is 4. The van der Waals surface area contributed by atoms with Gasteiger partial charge in [0.15, 0.2) is 0 Å². The molecule has 3 rings (SSSR count). The van der Waals surface area contributed by atoms with Crippen LogP contribution in [0.3, 0.4) is 0 Å². The molecule has 0 spiro atoms. The highest BCUT2D eigenvalue weighted by molar-refractivity contribution is 5.32. The lowest BCUT2D eigenvalue weighted by Gasteiger charge is -2.26. The Morgan fingerprint density at radius 2 is 2.16 bits per heavy atom. The SMILES string of the molecule is C[C@H](NCC1CCCc2ccccc21)c1ccco1. The lowest BCUT2D eigenvalue weighted by molar-refractivity contribution is 0.408. The summed E-state index contributed by atoms with van der Waals surface area (Å²) < 4.78 is 5.44. The van der Waals surface area contributed by atoms with E-state index in [2.05, 4.69) is 36.5 Å². The Morgan fingerprint density at radius 3 is 3.00 bits per heavy atom. The molecular weight excluding hydrogens is 234 g/mol. The third kappa shape index (κ3) is 2.74. The van der Waals surface area contributed by atoms with Crippen molar-refractivity contribution in [3.8, 4) is 0 Å². The summed E-state index contributed by atoms with van der Waals surface area (Å²) in [6, 6.07) is 13.1. The zero-order valence-corrected chi connectivity index (χ0v) is 11.4. The van der Waals surface area contributed by atoms with E-state index in [0.717, 1.165) is 12.3 Å². The van der Waals surface area contributed by atoms with Crippen molar-refractivity contribution >= 4 is 0 Å². The predicted molar refractivity (Wildman–Crippen MR) is 77.2 cm³/mol. The van der Waals surface area contributed by atoms with Crippen molar-refractivity contribution < 1.29 is 4.42 Å². The van der Waals surface area contributed by atoms with Gasteiger partial charge in [-0.15, -0.1) is 0 Å². The van der Waals surface area contributed by atoms with Crippen LogP contribution in [0, 0.1) is 0 Å². The van der Waals surface area contributed by atoms with E-state index in [1.807, 2.05) is 12.1 Å². The van der Waals surface area contributed by atoms with Crippen LogP contribution in [0.2, 0.25) is 0 Å². The molecule has 0 fully saturated rings. The van der Waals surface area contributed by atoms with Gasteiger partial charge in [-0.3, -0.25) is 0 Å². The largest absolute Gasteiger partial charge is 0.468 e. The van der Waals surface area contributed by atoms with Crippen LogP contribution in [0.5, 0.6) is 0 Å². The third-order valence-electron chi connectivity index (χ3n) is 4.13. The topological polar surface area (TPSA) is 25.2 Å². The summed E-state index contributed by atoms with van der Waals surface area (Å²) in [6.07, 6.45) is 5.57. The summed E-state index contributed by atoms with van der Waals surface area (Å²) in [5.41, 5.74) is 3.07. The highest BCUT2D eigenvalue weighted by atomic mass is 16.3. The number of aryl methyl sites for hydroxylation is 1. The summed E-state index contributed by atoms with van der Waals surface area (Å²) in [5.74, 6) is 1.66. The van der Waals surface area contributed by atoms with E-state index in [4.69, 9.17) is 4.42 Å². The fraction of sp³-hybridized carbons (Fsp3) is 0.412. The van der Waals surface area contributed by atoms with Crippen molar-refractivity contribution in [2.75, 3.05) is 6.54 Å². The van der Waals surface area contributed by atoms with Gasteiger partial charge in [0.2, 0.25) is 0 Å². The highest BCUT2D eigenvalue weighted by Gasteiger charge is 2.20. The molecule has 1 unspecified atom stereocenters. The van der Waals surface area contributed by atoms with Crippen LogP contribution in [-0.2, 0) is 6.42 Å². The van der Waals surface area contributed by atoms with Gasteiger partial charge >= 0.3 is 0 Å². The molecule has 1 aromatic carbocycles. The van der Waals surface area contributed by atoms with Crippen LogP contribution >= 0.6 is 0 Å². The third-order valence-corrected chi connectivity index (χ3v) is 4.13. The average molecular weight is 255 g/mol. The molecule has 1 heterocycles. The first-order valence-electron chi connectivity index (χ1n) is 7.19. The quantitative estimate of drug-likeness (QED) is 0.891. The van der Waals surface area contributed by atoms with E-state index in [9.17, 15) is 0 Å². The van der Waals surface area contributed by atoms with Gasteiger partial charge in [0.05, 0.1) is 12.3 Å². The number of fused-ring (bicyclic) bond motifs is 1. The molecule has 0 amide bonds. The number of nitrogens with one attached hydrogen (secondary N) is 1. The lowest BCUT2D eigenvalue weighted by atomic mass is 9.83. The summed E-state index contributed by atoms with van der Waals surface area (Å²) in [5, 5.41) is 3.60. The second kappa shape index (κ2) is 5.62. The normalized spacial score (nSPS) is 19.9. The Labute approximate surface area is 114 Å². The molecule has 19 heavy (non-hydrogen) atoms. The Balaban J connectivity index is 1.65. The van der Waals surface area contributed by atoms with Gasteiger partial charge in [-0.2, -0.15) is 0 Å². The van der Waals surface area contributed by atoms with Crippen molar-refractivity contribution in [3.63, 3.8) is 0 Å². The van der Waals surface area contributed by atoms with Crippen LogP contribution in [0.1, 0.15) is 48.6 Å². The van der Waals surface area contributed by atoms with Crippen LogP contribution in [0.4, 0.5) is 0 Å². The van der Waals surface area contributed by atoms with Crippen LogP contribution in [0.15, 0.2) is 47.1 Å². The standard InChI is InChI=1S/C17H21NO/c1-13(17-10-5-11-19-17)18-12-15-8-4-7-14-6-2-3-9-16(14)15/h2-3,5-6,9-11,13,15,18H,4,7-8,12H2,1H3/t13-,15?/m0/s1. The van der Waals surface area contributed by atoms with Crippen LogP contribution < -0.4 is 5.32 Å². The maximum Gasteiger partial charge on any atom is 0.120 e. The van der Waals surface area contributed by atoms with Gasteiger partial charge in [0.25, 0.3) is 0 Å². The van der Waals surface area contributed by atoms with Crippen LogP contribution in [-0.4, -0.2) is 6.54 Å². The smallest absolute Gasteiger partial charge is 0.120 e. The van der Waals surface area contributed by atoms with Gasteiger partial charge in [0.1, 0.15) is 5.76 Å². The predicted octanol–water partition coefficient (Wildman–Crippen LogP) is 4.05. The molecule has 2 nitrogen and oxygen atoms in total. The van der Waals surface area contributed by atoms with Gasteiger partial charge in [-0.1, -0.05) is 24.3 Å². The minimum atomic E-state index is 0.282. The first-order chi connectivity index (χ1) is 9.34. The molecule has 0 saturated carbocycles. The Hall–Kier alpha value is -1.54. The zero-order chi connectivity index (χ0) is 13.1. The molecule has 100 valence electrons. The van der Waals surface area contributed by atoms with Crippen molar-refractivity contribution in [1.29, 1.82) is 0 Å². The second-order valence-corrected chi connectivity index (χ2v) is 5.43. The molecule has 1 aliphatic rings. The number of hydrogen-bond acceptors (Lipinski definition) is 2. The number of furan rings is 1. The summed E-state index contributed by atoms with van der Waals surface area (Å²) in [7, 11) is 0. The van der Waals surface area contributed by atoms with E-state index < -0.39 is 0 Å². The minimum absolute atomic E-state index is 0.282. The van der Waals surface area contributed by atoms with E-state index >= 15 is 0 Å². The Morgan fingerprint density at radius 1 is 1.26 bits per heavy atom. The Bertz CT molecular complexity index is 518. The summed E-state index contributed by atoms with van der Waals surface area (Å²) >= 11 is 0. The molecule has 0 aliphatic heterocycles. The fourth-order valence-corrected chi connectivity index (χ4v) is 3.02. The average Bonchev–Trinajstić information content (AvgIpc) is 2.99. The molecule has 2 atom stereocenters. The van der Waals surface area contributed by atoms with Crippen molar-refractivity contribution in [3.05, 3.63) is 59.5 Å². The lowest BCUT2D eigenvalue weighted by Crippen LogP contribution is -2.26. The Kier molecular flexibility index (Phi) is 3.69. The van der Waals surface area contributed by atoms with E-state index in [1.165, 1.54) is 30.4 Å². The zero-order valence-electron chi connectivity index (χ0n) is 11.4. The molecule has 2 aromatic rings. The van der Waals surface area contributed by atoms with Gasteiger partial charge < -0.3 is 9.73 Å². The van der Waals surface area contributed by atoms with E-state index in [0.29, 0.717) is 5.92 Å². The summed E-state index contributed by atoms with van der Waals surface area (Å²) in [6.45, 7) is 3.19. The minimum Gasteiger partial charge on any atom is -0.468 e. The molecule has 0 radical (unpaired) electrons. The molecular formula is C17H21NO. The van der Waals surface area contributed by atoms with Crippen molar-refractivity contribution in [2.24, 2.45) is 0 Å². The molecule has 1 N–H and O–H groups in total. The first-order valence-corrected chi connectivity index (χ1v) is 7.19.